The largest absolute Gasteiger partial charge is 0.409 e. The van der Waals surface area contributed by atoms with Gasteiger partial charge in [-0.2, -0.15) is 11.3 Å². The third-order valence-electron chi connectivity index (χ3n) is 3.08. The lowest BCUT2D eigenvalue weighted by Gasteiger charge is -2.31. The number of carbonyl (C=O) groups excluding carboxylic acids is 1. The van der Waals surface area contributed by atoms with E-state index in [1.165, 1.54) is 11.3 Å². The molecule has 17 heavy (non-hydrogen) atoms. The zero-order valence-corrected chi connectivity index (χ0v) is 10.2. The normalized spacial score (nSPS) is 18.4. The molecule has 0 bridgehead atoms. The second kappa shape index (κ2) is 5.18. The van der Waals surface area contributed by atoms with Gasteiger partial charge in [-0.25, -0.2) is 0 Å². The fraction of sp³-hybridized carbons (Fsp3) is 0.455. The Kier molecular flexibility index (Phi) is 3.63. The zero-order valence-electron chi connectivity index (χ0n) is 9.37. The van der Waals surface area contributed by atoms with Gasteiger partial charge in [-0.15, -0.1) is 0 Å². The fourth-order valence-electron chi connectivity index (χ4n) is 2.03. The van der Waals surface area contributed by atoms with Crippen molar-refractivity contribution in [1.82, 2.24) is 4.90 Å². The number of nitrogens with zero attached hydrogens (tertiary/aromatic N) is 2. The van der Waals surface area contributed by atoms with Crippen molar-refractivity contribution in [2.24, 2.45) is 16.8 Å². The van der Waals surface area contributed by atoms with E-state index < -0.39 is 0 Å². The molecule has 0 radical (unpaired) electrons. The van der Waals surface area contributed by atoms with E-state index in [0.717, 1.165) is 18.4 Å². The third-order valence-corrected chi connectivity index (χ3v) is 3.77. The minimum atomic E-state index is 0.0733. The van der Waals surface area contributed by atoms with Crippen LogP contribution in [0.1, 0.15) is 23.2 Å². The van der Waals surface area contributed by atoms with Crippen LogP contribution in [0.4, 0.5) is 0 Å². The lowest BCUT2D eigenvalue weighted by atomic mass is 9.95. The molecule has 1 amide bonds. The highest BCUT2D eigenvalue weighted by Gasteiger charge is 2.25. The standard InChI is InChI=1S/C11H15N3O2S/c12-10(13-16)8-1-4-14(5-2-8)11(15)9-3-6-17-7-9/h3,6-8,16H,1-2,4-5H2,(H2,12,13). The first-order chi connectivity index (χ1) is 8.22. The van der Waals surface area contributed by atoms with Crippen molar-refractivity contribution in [3.63, 3.8) is 0 Å². The van der Waals surface area contributed by atoms with E-state index in [9.17, 15) is 4.79 Å². The molecule has 0 aromatic carbocycles. The van der Waals surface area contributed by atoms with Gasteiger partial charge < -0.3 is 15.8 Å². The molecule has 2 rings (SSSR count). The van der Waals surface area contributed by atoms with Crippen molar-refractivity contribution in [1.29, 1.82) is 0 Å². The number of amidine groups is 1. The summed E-state index contributed by atoms with van der Waals surface area (Å²) in [6.07, 6.45) is 1.51. The number of hydrogen-bond acceptors (Lipinski definition) is 4. The maximum atomic E-state index is 12.0. The molecule has 0 atom stereocenters. The van der Waals surface area contributed by atoms with E-state index in [1.807, 2.05) is 21.7 Å². The predicted molar refractivity (Wildman–Crippen MR) is 66.4 cm³/mol. The maximum absolute atomic E-state index is 12.0. The van der Waals surface area contributed by atoms with E-state index in [-0.39, 0.29) is 17.7 Å². The summed E-state index contributed by atoms with van der Waals surface area (Å²) < 4.78 is 0. The summed E-state index contributed by atoms with van der Waals surface area (Å²) in [4.78, 5) is 13.9. The summed E-state index contributed by atoms with van der Waals surface area (Å²) >= 11 is 1.52. The maximum Gasteiger partial charge on any atom is 0.254 e. The molecule has 1 aromatic heterocycles. The van der Waals surface area contributed by atoms with Gasteiger partial charge in [-0.05, 0) is 24.3 Å². The van der Waals surface area contributed by atoms with Gasteiger partial charge in [-0.1, -0.05) is 5.16 Å². The number of rotatable bonds is 2. The Morgan fingerprint density at radius 1 is 1.53 bits per heavy atom. The molecule has 3 N–H and O–H groups in total. The third kappa shape index (κ3) is 2.58. The summed E-state index contributed by atoms with van der Waals surface area (Å²) in [7, 11) is 0. The SMILES string of the molecule is NC(=NO)C1CCN(C(=O)c2ccsc2)CC1. The molecule has 92 valence electrons. The Morgan fingerprint density at radius 3 is 2.76 bits per heavy atom. The molecule has 5 nitrogen and oxygen atoms in total. The van der Waals surface area contributed by atoms with Crippen molar-refractivity contribution in [3.8, 4) is 0 Å². The van der Waals surface area contributed by atoms with Gasteiger partial charge in [0.25, 0.3) is 5.91 Å². The number of hydrogen-bond donors (Lipinski definition) is 2. The molecule has 1 aromatic rings. The minimum Gasteiger partial charge on any atom is -0.409 e. The Bertz CT molecular complexity index is 408. The number of thiophene rings is 1. The minimum absolute atomic E-state index is 0.0733. The summed E-state index contributed by atoms with van der Waals surface area (Å²) in [5.74, 6) is 0.434. The summed E-state index contributed by atoms with van der Waals surface area (Å²) in [6.45, 7) is 1.32. The summed E-state index contributed by atoms with van der Waals surface area (Å²) in [6, 6.07) is 1.84. The lowest BCUT2D eigenvalue weighted by molar-refractivity contribution is 0.0709. The number of carbonyl (C=O) groups is 1. The molecule has 6 heteroatoms. The van der Waals surface area contributed by atoms with Crippen molar-refractivity contribution >= 4 is 23.1 Å². The van der Waals surface area contributed by atoms with Gasteiger partial charge >= 0.3 is 0 Å². The molecule has 0 spiro atoms. The van der Waals surface area contributed by atoms with Crippen LogP contribution in [0.2, 0.25) is 0 Å². The van der Waals surface area contributed by atoms with Gasteiger partial charge in [-0.3, -0.25) is 4.79 Å². The smallest absolute Gasteiger partial charge is 0.254 e. The first-order valence-corrected chi connectivity index (χ1v) is 6.45. The Balaban J connectivity index is 1.93. The molecular formula is C11H15N3O2S. The highest BCUT2D eigenvalue weighted by molar-refractivity contribution is 7.08. The van der Waals surface area contributed by atoms with Crippen LogP contribution < -0.4 is 5.73 Å². The van der Waals surface area contributed by atoms with Crippen LogP contribution in [0.5, 0.6) is 0 Å². The van der Waals surface area contributed by atoms with Crippen LogP contribution in [0.3, 0.4) is 0 Å². The topological polar surface area (TPSA) is 78.9 Å². The quantitative estimate of drug-likeness (QED) is 0.361. The monoisotopic (exact) mass is 253 g/mol. The first-order valence-electron chi connectivity index (χ1n) is 5.51. The zero-order chi connectivity index (χ0) is 12.3. The molecule has 1 saturated heterocycles. The summed E-state index contributed by atoms with van der Waals surface area (Å²) in [5, 5.41) is 15.4. The number of likely N-dealkylation sites (tertiary alicyclic amines) is 1. The van der Waals surface area contributed by atoms with Crippen LogP contribution in [-0.2, 0) is 0 Å². The Hall–Kier alpha value is -1.56. The lowest BCUT2D eigenvalue weighted by Crippen LogP contribution is -2.41. The van der Waals surface area contributed by atoms with Gasteiger partial charge in [0.2, 0.25) is 0 Å². The first kappa shape index (κ1) is 11.9. The van der Waals surface area contributed by atoms with E-state index >= 15 is 0 Å². The fourth-order valence-corrected chi connectivity index (χ4v) is 2.66. The van der Waals surface area contributed by atoms with Crippen LogP contribution in [-0.4, -0.2) is 34.9 Å². The molecular weight excluding hydrogens is 238 g/mol. The Morgan fingerprint density at radius 2 is 2.24 bits per heavy atom. The van der Waals surface area contributed by atoms with Gasteiger partial charge in [0.1, 0.15) is 5.84 Å². The van der Waals surface area contributed by atoms with Crippen LogP contribution >= 0.6 is 11.3 Å². The van der Waals surface area contributed by atoms with Crippen molar-refractivity contribution in [2.75, 3.05) is 13.1 Å². The molecule has 2 heterocycles. The van der Waals surface area contributed by atoms with E-state index in [2.05, 4.69) is 5.16 Å². The number of amides is 1. The number of oxime groups is 1. The average Bonchev–Trinajstić information content (AvgIpc) is 2.91. The molecule has 1 aliphatic heterocycles. The van der Waals surface area contributed by atoms with Crippen LogP contribution in [0.25, 0.3) is 0 Å². The molecule has 0 aliphatic carbocycles. The molecule has 1 aliphatic rings. The van der Waals surface area contributed by atoms with E-state index in [1.54, 1.807) is 0 Å². The highest BCUT2D eigenvalue weighted by atomic mass is 32.1. The Labute approximate surface area is 104 Å². The van der Waals surface area contributed by atoms with Crippen LogP contribution in [0, 0.1) is 5.92 Å². The van der Waals surface area contributed by atoms with Crippen molar-refractivity contribution < 1.29 is 10.0 Å². The van der Waals surface area contributed by atoms with Crippen LogP contribution in [0.15, 0.2) is 22.0 Å². The van der Waals surface area contributed by atoms with Crippen molar-refractivity contribution in [2.45, 2.75) is 12.8 Å². The predicted octanol–water partition coefficient (Wildman–Crippen LogP) is 1.35. The number of piperidine rings is 1. The van der Waals surface area contributed by atoms with E-state index in [0.29, 0.717) is 13.1 Å². The molecule has 0 unspecified atom stereocenters. The second-order valence-electron chi connectivity index (χ2n) is 4.10. The second-order valence-corrected chi connectivity index (χ2v) is 4.88. The van der Waals surface area contributed by atoms with Gasteiger partial charge in [0.05, 0.1) is 5.56 Å². The molecule has 1 fully saturated rings. The van der Waals surface area contributed by atoms with Gasteiger partial charge in [0, 0.05) is 24.4 Å². The molecule has 0 saturated carbocycles. The average molecular weight is 253 g/mol. The number of nitrogens with two attached hydrogens (primary N) is 1. The van der Waals surface area contributed by atoms with E-state index in [4.69, 9.17) is 10.9 Å². The van der Waals surface area contributed by atoms with Crippen molar-refractivity contribution in [3.05, 3.63) is 22.4 Å². The van der Waals surface area contributed by atoms with Gasteiger partial charge in [0.15, 0.2) is 0 Å². The highest BCUT2D eigenvalue weighted by Crippen LogP contribution is 2.19. The summed E-state index contributed by atoms with van der Waals surface area (Å²) in [5.41, 5.74) is 6.31.